The fourth-order valence-corrected chi connectivity index (χ4v) is 5.18. The van der Waals surface area contributed by atoms with Gasteiger partial charge in [0.25, 0.3) is 0 Å². The minimum Gasteiger partial charge on any atom is -0.478 e. The number of carbonyl (C=O) groups excluding carboxylic acids is 1. The summed E-state index contributed by atoms with van der Waals surface area (Å²) in [6.07, 6.45) is 3.68. The minimum atomic E-state index is -0.921. The largest absolute Gasteiger partial charge is 0.478 e. The van der Waals surface area contributed by atoms with Gasteiger partial charge in [-0.15, -0.1) is 11.3 Å². The van der Waals surface area contributed by atoms with Crippen LogP contribution in [0.4, 0.5) is 5.00 Å². The van der Waals surface area contributed by atoms with Crippen LogP contribution in [0.5, 0.6) is 0 Å². The van der Waals surface area contributed by atoms with Crippen LogP contribution >= 0.6 is 23.1 Å². The minimum absolute atomic E-state index is 0.0209. The lowest BCUT2D eigenvalue weighted by molar-refractivity contribution is -0.119. The molecule has 0 bridgehead atoms. The second-order valence-electron chi connectivity index (χ2n) is 4.92. The lowest BCUT2D eigenvalue weighted by Crippen LogP contribution is -2.22. The van der Waals surface area contributed by atoms with Gasteiger partial charge < -0.3 is 10.4 Å². The average molecular weight is 297 g/mol. The fraction of sp³-hybridized carbons (Fsp3) is 0.538. The number of fused-ring (bicyclic) bond motifs is 1. The predicted octanol–water partition coefficient (Wildman–Crippen LogP) is 2.63. The number of carbonyl (C=O) groups is 2. The molecular formula is C13H15NO3S2. The summed E-state index contributed by atoms with van der Waals surface area (Å²) >= 11 is 3.23. The van der Waals surface area contributed by atoms with Gasteiger partial charge in [0.2, 0.25) is 5.91 Å². The third-order valence-corrected chi connectivity index (χ3v) is 6.04. The molecule has 0 radical (unpaired) electrons. The molecule has 0 spiro atoms. The van der Waals surface area contributed by atoms with E-state index < -0.39 is 5.97 Å². The zero-order valence-corrected chi connectivity index (χ0v) is 12.0. The maximum atomic E-state index is 12.1. The van der Waals surface area contributed by atoms with Crippen LogP contribution in [0.2, 0.25) is 0 Å². The summed E-state index contributed by atoms with van der Waals surface area (Å²) in [5.74, 6) is 0.955. The number of amides is 1. The second kappa shape index (κ2) is 5.17. The number of rotatable bonds is 3. The van der Waals surface area contributed by atoms with Crippen LogP contribution in [0.25, 0.3) is 0 Å². The molecule has 3 rings (SSSR count). The molecule has 1 aromatic heterocycles. The summed E-state index contributed by atoms with van der Waals surface area (Å²) in [6.45, 7) is 0. The Morgan fingerprint density at radius 1 is 1.32 bits per heavy atom. The average Bonchev–Trinajstić information content (AvgIpc) is 3.03. The van der Waals surface area contributed by atoms with Gasteiger partial charge in [-0.3, -0.25) is 4.79 Å². The van der Waals surface area contributed by atoms with Crippen molar-refractivity contribution in [3.8, 4) is 0 Å². The third-order valence-electron chi connectivity index (χ3n) is 3.67. The molecule has 1 aromatic rings. The van der Waals surface area contributed by atoms with E-state index in [4.69, 9.17) is 0 Å². The van der Waals surface area contributed by atoms with E-state index in [1.807, 2.05) is 0 Å². The molecule has 19 heavy (non-hydrogen) atoms. The van der Waals surface area contributed by atoms with Crippen molar-refractivity contribution >= 4 is 40.0 Å². The fourth-order valence-electron chi connectivity index (χ4n) is 2.67. The number of hydrogen-bond acceptors (Lipinski definition) is 4. The van der Waals surface area contributed by atoms with Crippen molar-refractivity contribution in [3.05, 3.63) is 16.0 Å². The van der Waals surface area contributed by atoms with Crippen molar-refractivity contribution < 1.29 is 14.7 Å². The van der Waals surface area contributed by atoms with Crippen molar-refractivity contribution in [1.82, 2.24) is 0 Å². The Balaban J connectivity index is 1.84. The van der Waals surface area contributed by atoms with Crippen molar-refractivity contribution in [3.63, 3.8) is 0 Å². The molecule has 1 aliphatic heterocycles. The van der Waals surface area contributed by atoms with Crippen LogP contribution in [0, 0.1) is 5.92 Å². The van der Waals surface area contributed by atoms with E-state index in [1.165, 1.54) is 11.3 Å². The molecule has 0 aromatic carbocycles. The van der Waals surface area contributed by atoms with E-state index in [-0.39, 0.29) is 11.8 Å². The third kappa shape index (κ3) is 2.39. The highest BCUT2D eigenvalue weighted by Crippen LogP contribution is 2.39. The molecule has 1 atom stereocenters. The summed E-state index contributed by atoms with van der Waals surface area (Å²) in [7, 11) is 0. The Labute approximate surface area is 119 Å². The van der Waals surface area contributed by atoms with E-state index in [1.54, 1.807) is 11.8 Å². The Hall–Kier alpha value is -1.01. The first-order valence-electron chi connectivity index (χ1n) is 6.43. The summed E-state index contributed by atoms with van der Waals surface area (Å²) in [4.78, 5) is 24.6. The number of thiophene rings is 1. The second-order valence-corrected chi connectivity index (χ2v) is 7.17. The molecule has 2 N–H and O–H groups in total. The van der Waals surface area contributed by atoms with E-state index in [9.17, 15) is 14.7 Å². The first-order chi connectivity index (χ1) is 9.16. The topological polar surface area (TPSA) is 66.4 Å². The maximum absolute atomic E-state index is 12.1. The molecule has 2 aliphatic rings. The number of carboxylic acid groups (broad SMARTS) is 1. The highest BCUT2D eigenvalue weighted by atomic mass is 32.2. The van der Waals surface area contributed by atoms with Crippen molar-refractivity contribution in [2.75, 3.05) is 16.8 Å². The van der Waals surface area contributed by atoms with Crippen LogP contribution in [-0.2, 0) is 17.6 Å². The van der Waals surface area contributed by atoms with Gasteiger partial charge >= 0.3 is 5.97 Å². The predicted molar refractivity (Wildman–Crippen MR) is 77.4 cm³/mol. The highest BCUT2D eigenvalue weighted by molar-refractivity contribution is 7.99. The van der Waals surface area contributed by atoms with Gasteiger partial charge in [0, 0.05) is 16.5 Å². The van der Waals surface area contributed by atoms with Gasteiger partial charge in [-0.25, -0.2) is 4.79 Å². The standard InChI is InChI=1S/C13H15NO3S2/c15-11(7-4-5-18-6-7)14-12-10(13(16)17)8-2-1-3-9(8)19-12/h7H,1-6H2,(H,14,15)(H,16,17). The Morgan fingerprint density at radius 3 is 2.84 bits per heavy atom. The summed E-state index contributed by atoms with van der Waals surface area (Å²) < 4.78 is 0. The van der Waals surface area contributed by atoms with E-state index in [0.29, 0.717) is 10.6 Å². The van der Waals surface area contributed by atoms with Gasteiger partial charge in [-0.2, -0.15) is 11.8 Å². The SMILES string of the molecule is O=C(O)c1c(NC(=O)C2CCSC2)sc2c1CCC2. The molecule has 0 saturated carbocycles. The number of aromatic carboxylic acids is 1. The van der Waals surface area contributed by atoms with Gasteiger partial charge in [0.05, 0.1) is 5.56 Å². The van der Waals surface area contributed by atoms with Crippen LogP contribution < -0.4 is 5.32 Å². The zero-order valence-electron chi connectivity index (χ0n) is 10.4. The monoisotopic (exact) mass is 297 g/mol. The van der Waals surface area contributed by atoms with E-state index in [2.05, 4.69) is 5.32 Å². The van der Waals surface area contributed by atoms with Crippen molar-refractivity contribution in [1.29, 1.82) is 0 Å². The molecule has 1 amide bonds. The number of anilines is 1. The molecule has 6 heteroatoms. The molecule has 1 saturated heterocycles. The number of thioether (sulfide) groups is 1. The van der Waals surface area contributed by atoms with Gasteiger partial charge in [-0.1, -0.05) is 0 Å². The normalized spacial score (nSPS) is 21.4. The van der Waals surface area contributed by atoms with E-state index in [0.717, 1.165) is 47.6 Å². The van der Waals surface area contributed by atoms with Gasteiger partial charge in [0.1, 0.15) is 5.00 Å². The van der Waals surface area contributed by atoms with Crippen LogP contribution in [0.3, 0.4) is 0 Å². The Bertz CT molecular complexity index is 532. The first-order valence-corrected chi connectivity index (χ1v) is 8.40. The molecule has 1 aliphatic carbocycles. The van der Waals surface area contributed by atoms with Gasteiger partial charge in [-0.05, 0) is 37.0 Å². The number of aryl methyl sites for hydroxylation is 1. The lowest BCUT2D eigenvalue weighted by atomic mass is 10.1. The first kappa shape index (κ1) is 13.0. The van der Waals surface area contributed by atoms with Crippen molar-refractivity contribution in [2.45, 2.75) is 25.7 Å². The van der Waals surface area contributed by atoms with Crippen LogP contribution in [0.1, 0.15) is 33.6 Å². The molecular weight excluding hydrogens is 282 g/mol. The van der Waals surface area contributed by atoms with Crippen LogP contribution in [-0.4, -0.2) is 28.5 Å². The lowest BCUT2D eigenvalue weighted by Gasteiger charge is -2.09. The Kier molecular flexibility index (Phi) is 3.54. The summed E-state index contributed by atoms with van der Waals surface area (Å²) in [6, 6.07) is 0. The smallest absolute Gasteiger partial charge is 0.339 e. The zero-order chi connectivity index (χ0) is 13.4. The number of hydrogen-bond donors (Lipinski definition) is 2. The Morgan fingerprint density at radius 2 is 2.16 bits per heavy atom. The van der Waals surface area contributed by atoms with E-state index >= 15 is 0 Å². The molecule has 1 unspecified atom stereocenters. The van der Waals surface area contributed by atoms with Gasteiger partial charge in [0.15, 0.2) is 0 Å². The molecule has 102 valence electrons. The molecule has 4 nitrogen and oxygen atoms in total. The maximum Gasteiger partial charge on any atom is 0.339 e. The highest BCUT2D eigenvalue weighted by Gasteiger charge is 2.29. The quantitative estimate of drug-likeness (QED) is 0.900. The molecule has 1 fully saturated rings. The number of nitrogens with one attached hydrogen (secondary N) is 1. The summed E-state index contributed by atoms with van der Waals surface area (Å²) in [5.41, 5.74) is 1.27. The molecule has 2 heterocycles. The number of carboxylic acids is 1. The summed E-state index contributed by atoms with van der Waals surface area (Å²) in [5, 5.41) is 12.7. The van der Waals surface area contributed by atoms with Crippen molar-refractivity contribution in [2.24, 2.45) is 5.92 Å². The van der Waals surface area contributed by atoms with Crippen LogP contribution in [0.15, 0.2) is 0 Å².